The molecule has 0 radical (unpaired) electrons. The largest absolute Gasteiger partial charge is 0.478 e. The van der Waals surface area contributed by atoms with E-state index in [2.05, 4.69) is 64.4 Å². The maximum Gasteiger partial charge on any atom is 0.335 e. The van der Waals surface area contributed by atoms with Crippen molar-refractivity contribution in [2.75, 3.05) is 18.8 Å². The number of hydrogen-bond acceptors (Lipinski definition) is 5. The van der Waals surface area contributed by atoms with Gasteiger partial charge in [0.05, 0.1) is 23.1 Å². The van der Waals surface area contributed by atoms with E-state index in [1.165, 1.54) is 36.8 Å². The Kier molecular flexibility index (Phi) is 8.04. The van der Waals surface area contributed by atoms with Crippen molar-refractivity contribution in [2.24, 2.45) is 51.2 Å². The van der Waals surface area contributed by atoms with Crippen LogP contribution in [0.3, 0.4) is 0 Å². The molecule has 8 heteroatoms. The Morgan fingerprint density at radius 3 is 2.29 bits per heavy atom. The van der Waals surface area contributed by atoms with Crippen LogP contribution in [0.4, 0.5) is 0 Å². The average molecular weight is 717 g/mol. The van der Waals surface area contributed by atoms with Crippen molar-refractivity contribution < 1.29 is 23.1 Å². The van der Waals surface area contributed by atoms with Crippen molar-refractivity contribution in [1.82, 2.24) is 10.2 Å². The van der Waals surface area contributed by atoms with Crippen LogP contribution in [0.1, 0.15) is 122 Å². The van der Waals surface area contributed by atoms with Crippen LogP contribution in [-0.2, 0) is 14.6 Å². The molecule has 2 saturated heterocycles. The van der Waals surface area contributed by atoms with Crippen molar-refractivity contribution in [3.63, 3.8) is 0 Å². The second kappa shape index (κ2) is 11.5. The fourth-order valence-electron chi connectivity index (χ4n) is 14.7. The summed E-state index contributed by atoms with van der Waals surface area (Å²) in [5, 5.41) is 12.9. The van der Waals surface area contributed by atoms with Gasteiger partial charge in [0.25, 0.3) is 0 Å². The second-order valence-electron chi connectivity index (χ2n) is 19.6. The fourth-order valence-corrected chi connectivity index (χ4v) is 16.8. The lowest BCUT2D eigenvalue weighted by molar-refractivity contribution is -0.219. The predicted octanol–water partition coefficient (Wildman–Crippen LogP) is 7.78. The number of carboxylic acid groups (broad SMARTS) is 1. The van der Waals surface area contributed by atoms with Crippen molar-refractivity contribution >= 4 is 27.3 Å². The van der Waals surface area contributed by atoms with Gasteiger partial charge in [0, 0.05) is 18.1 Å². The molecule has 1 aromatic rings. The minimum absolute atomic E-state index is 0.0136. The molecule has 6 fully saturated rings. The first-order valence-electron chi connectivity index (χ1n) is 19.8. The van der Waals surface area contributed by atoms with Crippen molar-refractivity contribution in [1.29, 1.82) is 0 Å². The van der Waals surface area contributed by atoms with Crippen LogP contribution in [0.2, 0.25) is 0 Å². The lowest BCUT2D eigenvalue weighted by atomic mass is 9.33. The zero-order valence-electron chi connectivity index (χ0n) is 31.8. The molecule has 2 aliphatic heterocycles. The molecule has 11 atom stereocenters. The number of aromatic carboxylic acids is 1. The molecule has 7 nitrogen and oxygen atoms in total. The highest BCUT2D eigenvalue weighted by Crippen LogP contribution is 2.76. The zero-order chi connectivity index (χ0) is 36.5. The van der Waals surface area contributed by atoms with Crippen molar-refractivity contribution in [2.45, 2.75) is 123 Å². The van der Waals surface area contributed by atoms with Crippen LogP contribution in [0.15, 0.2) is 42.5 Å². The highest BCUT2D eigenvalue weighted by atomic mass is 32.2. The van der Waals surface area contributed by atoms with Gasteiger partial charge in [-0.1, -0.05) is 65.0 Å². The SMILES string of the molecule is C=C(C)[C@@H]1CC[C@]2(NC(=O)CN3C[C@@H]4C[C@@H]3CS4(=O)=O)CC[C@]3(C)[C@H](CC[C@@H]4[C@@]5(C)CC=C(c6ccc(C(=O)O)cc6)C(C)(C)[C@@H]5CC[C@]43C)[C@@H]12. The van der Waals surface area contributed by atoms with Crippen LogP contribution >= 0.6 is 0 Å². The number of allylic oxidation sites excluding steroid dienone is 3. The van der Waals surface area contributed by atoms with E-state index in [0.717, 1.165) is 37.7 Å². The molecule has 0 spiro atoms. The molecule has 7 aliphatic rings. The number of carbonyl (C=O) groups is 2. The number of sulfone groups is 1. The van der Waals surface area contributed by atoms with Gasteiger partial charge >= 0.3 is 5.97 Å². The summed E-state index contributed by atoms with van der Waals surface area (Å²) < 4.78 is 24.8. The van der Waals surface area contributed by atoms with E-state index in [0.29, 0.717) is 54.7 Å². The number of rotatable bonds is 6. The number of carbonyl (C=O) groups excluding carboxylic acids is 1. The van der Waals surface area contributed by atoms with Gasteiger partial charge in [-0.05, 0) is 146 Å². The standard InChI is InChI=1S/C43H60N2O5S/c1-26(2)31-14-19-43(44-36(46)24-45-23-30-22-29(45)25-51(30,49)50)21-20-41(6)33(37(31)43)12-13-35-40(5)17-15-32(27-8-10-28(11-9-27)38(47)48)39(3,4)34(40)16-18-42(35,41)7/h8-11,15,29-31,33-35,37H,1,12-14,16-25H2,2-7H3,(H,44,46)(H,47,48)/t29-,30+,31+,33-,34+,35-,37-,40+,41-,42-,43+/m1/s1. The highest BCUT2D eigenvalue weighted by Gasteiger charge is 2.70. The van der Waals surface area contributed by atoms with E-state index in [1.807, 2.05) is 12.1 Å². The van der Waals surface area contributed by atoms with E-state index in [1.54, 1.807) is 12.1 Å². The number of carboxylic acids is 1. The number of nitrogens with one attached hydrogen (secondary N) is 1. The third-order valence-corrected chi connectivity index (χ3v) is 19.5. The molecule has 0 unspecified atom stereocenters. The summed E-state index contributed by atoms with van der Waals surface area (Å²) in [4.78, 5) is 27.6. The average Bonchev–Trinajstić information content (AvgIpc) is 3.71. The van der Waals surface area contributed by atoms with Gasteiger partial charge in [-0.25, -0.2) is 13.2 Å². The van der Waals surface area contributed by atoms with Crippen molar-refractivity contribution in [3.8, 4) is 0 Å². The minimum atomic E-state index is -2.99. The number of fused-ring (bicyclic) bond motifs is 9. The lowest BCUT2D eigenvalue weighted by Gasteiger charge is -2.72. The number of amides is 1. The van der Waals surface area contributed by atoms with Crippen LogP contribution in [0.5, 0.6) is 0 Å². The molecule has 278 valence electrons. The third-order valence-electron chi connectivity index (χ3n) is 17.2. The van der Waals surface area contributed by atoms with E-state index in [9.17, 15) is 23.1 Å². The van der Waals surface area contributed by atoms with Crippen LogP contribution in [0, 0.1) is 51.2 Å². The minimum Gasteiger partial charge on any atom is -0.478 e. The van der Waals surface area contributed by atoms with E-state index >= 15 is 0 Å². The zero-order valence-corrected chi connectivity index (χ0v) is 32.6. The van der Waals surface area contributed by atoms with Gasteiger partial charge in [-0.15, -0.1) is 0 Å². The molecule has 1 amide bonds. The lowest BCUT2D eigenvalue weighted by Crippen LogP contribution is -2.68. The summed E-state index contributed by atoms with van der Waals surface area (Å²) in [6.45, 7) is 20.3. The first-order valence-corrected chi connectivity index (χ1v) is 21.5. The molecule has 0 aromatic heterocycles. The summed E-state index contributed by atoms with van der Waals surface area (Å²) in [5.41, 5.74) is 4.36. The molecule has 1 aromatic carbocycles. The van der Waals surface area contributed by atoms with Gasteiger partial charge in [0.2, 0.25) is 5.91 Å². The molecule has 2 heterocycles. The molecule has 4 saturated carbocycles. The smallest absolute Gasteiger partial charge is 0.335 e. The highest BCUT2D eigenvalue weighted by molar-refractivity contribution is 7.92. The molecule has 8 rings (SSSR count). The maximum atomic E-state index is 13.9. The molecule has 2 N–H and O–H groups in total. The van der Waals surface area contributed by atoms with E-state index < -0.39 is 15.8 Å². The van der Waals surface area contributed by atoms with Crippen LogP contribution < -0.4 is 5.32 Å². The Labute approximate surface area is 306 Å². The maximum absolute atomic E-state index is 13.9. The topological polar surface area (TPSA) is 104 Å². The third kappa shape index (κ3) is 4.99. The Morgan fingerprint density at radius 1 is 0.941 bits per heavy atom. The van der Waals surface area contributed by atoms with E-state index in [-0.39, 0.29) is 50.2 Å². The van der Waals surface area contributed by atoms with Crippen LogP contribution in [0.25, 0.3) is 5.57 Å². The van der Waals surface area contributed by atoms with E-state index in [4.69, 9.17) is 0 Å². The second-order valence-corrected chi connectivity index (χ2v) is 21.9. The van der Waals surface area contributed by atoms with Crippen molar-refractivity contribution in [3.05, 3.63) is 53.6 Å². The van der Waals surface area contributed by atoms with Gasteiger partial charge < -0.3 is 10.4 Å². The quantitative estimate of drug-likeness (QED) is 0.292. The molecular weight excluding hydrogens is 657 g/mol. The summed E-state index contributed by atoms with van der Waals surface area (Å²) >= 11 is 0. The first-order chi connectivity index (χ1) is 23.9. The summed E-state index contributed by atoms with van der Waals surface area (Å²) in [7, 11) is -2.99. The fraction of sp³-hybridized carbons (Fsp3) is 0.721. The number of likely N-dealkylation sites (tertiary alicyclic amines) is 1. The molecule has 5 aliphatic carbocycles. The summed E-state index contributed by atoms with van der Waals surface area (Å²) in [6, 6.07) is 7.49. The van der Waals surface area contributed by atoms with Gasteiger partial charge in [-0.3, -0.25) is 9.69 Å². The normalized spacial score (nSPS) is 44.7. The Morgan fingerprint density at radius 2 is 1.67 bits per heavy atom. The van der Waals surface area contributed by atoms with Gasteiger partial charge in [0.1, 0.15) is 0 Å². The predicted molar refractivity (Wildman–Crippen MR) is 202 cm³/mol. The molecule has 51 heavy (non-hydrogen) atoms. The first kappa shape index (κ1) is 35.6. The summed E-state index contributed by atoms with van der Waals surface area (Å²) in [5.74, 6) is 1.82. The Hall–Kier alpha value is -2.45. The number of hydrogen-bond donors (Lipinski definition) is 2. The Bertz CT molecular complexity index is 1800. The van der Waals surface area contributed by atoms with Gasteiger partial charge in [0.15, 0.2) is 9.84 Å². The molecule has 2 bridgehead atoms. The molecular formula is C43H60N2O5S. The number of benzene rings is 1. The monoisotopic (exact) mass is 716 g/mol. The Balaban J connectivity index is 1.07. The van der Waals surface area contributed by atoms with Crippen LogP contribution in [-0.4, -0.2) is 66.0 Å². The number of nitrogens with zero attached hydrogens (tertiary/aromatic N) is 1. The summed E-state index contributed by atoms with van der Waals surface area (Å²) in [6.07, 6.45) is 13.2. The van der Waals surface area contributed by atoms with Gasteiger partial charge in [-0.2, -0.15) is 0 Å².